The van der Waals surface area contributed by atoms with Gasteiger partial charge in [0, 0.05) is 11.4 Å². The second-order valence-electron chi connectivity index (χ2n) is 4.65. The molecule has 0 amide bonds. The molecule has 0 bridgehead atoms. The largest absolute Gasteiger partial charge is 0.480 e. The molecule has 2 atom stereocenters. The van der Waals surface area contributed by atoms with Gasteiger partial charge in [0.1, 0.15) is 6.04 Å². The number of hydrogen-bond donors (Lipinski definition) is 2. The lowest BCUT2D eigenvalue weighted by molar-refractivity contribution is -0.138. The number of carbonyl (C=O) groups is 1. The highest BCUT2D eigenvalue weighted by Crippen LogP contribution is 2.28. The van der Waals surface area contributed by atoms with Crippen LogP contribution in [0.1, 0.15) is 6.92 Å². The van der Waals surface area contributed by atoms with Crippen molar-refractivity contribution in [3.8, 4) is 0 Å². The van der Waals surface area contributed by atoms with Gasteiger partial charge in [0.05, 0.1) is 6.04 Å². The van der Waals surface area contributed by atoms with Crippen LogP contribution < -0.4 is 10.6 Å². The van der Waals surface area contributed by atoms with Crippen LogP contribution in [-0.2, 0) is 4.79 Å². The highest BCUT2D eigenvalue weighted by Gasteiger charge is 2.27. The molecule has 0 spiro atoms. The van der Waals surface area contributed by atoms with E-state index in [2.05, 4.69) is 0 Å². The van der Waals surface area contributed by atoms with Gasteiger partial charge in [-0.3, -0.25) is 4.79 Å². The van der Waals surface area contributed by atoms with Crippen molar-refractivity contribution in [1.82, 2.24) is 0 Å². The van der Waals surface area contributed by atoms with Crippen molar-refractivity contribution < 1.29 is 9.90 Å². The molecular formula is C16H18N2O2. The Bertz CT molecular complexity index is 518. The van der Waals surface area contributed by atoms with Crippen LogP contribution in [0.4, 0.5) is 11.4 Å². The van der Waals surface area contributed by atoms with Crippen molar-refractivity contribution >= 4 is 17.3 Å². The number of rotatable bonds is 5. The zero-order valence-electron chi connectivity index (χ0n) is 11.3. The Balaban J connectivity index is 2.43. The average Bonchev–Trinajstić information content (AvgIpc) is 2.48. The normalized spacial score (nSPS) is 13.5. The standard InChI is InChI=1S/C16H18N2O2/c1-12(15(17)16(19)20)18(13-8-4-2-5-9-13)14-10-6-3-7-11-14/h2-12,15H,17H2,1H3,(H,19,20). The first-order valence-corrected chi connectivity index (χ1v) is 6.49. The van der Waals surface area contributed by atoms with Crippen LogP contribution in [0.3, 0.4) is 0 Å². The summed E-state index contributed by atoms with van der Waals surface area (Å²) in [5.74, 6) is -1.01. The van der Waals surface area contributed by atoms with Crippen molar-refractivity contribution in [3.05, 3.63) is 60.7 Å². The number of carboxylic acid groups (broad SMARTS) is 1. The minimum absolute atomic E-state index is 0.364. The smallest absolute Gasteiger partial charge is 0.322 e. The van der Waals surface area contributed by atoms with E-state index in [4.69, 9.17) is 10.8 Å². The number of nitrogens with two attached hydrogens (primary N) is 1. The predicted molar refractivity (Wildman–Crippen MR) is 80.1 cm³/mol. The zero-order valence-corrected chi connectivity index (χ0v) is 11.3. The molecule has 0 aliphatic carbocycles. The number of nitrogens with zero attached hydrogens (tertiary/aromatic N) is 1. The Labute approximate surface area is 118 Å². The third-order valence-electron chi connectivity index (χ3n) is 3.28. The summed E-state index contributed by atoms with van der Waals surface area (Å²) in [6.07, 6.45) is 0. The molecule has 0 heterocycles. The molecule has 4 heteroatoms. The summed E-state index contributed by atoms with van der Waals surface area (Å²) in [5.41, 5.74) is 7.63. The lowest BCUT2D eigenvalue weighted by Crippen LogP contribution is -2.48. The van der Waals surface area contributed by atoms with Gasteiger partial charge in [-0.1, -0.05) is 36.4 Å². The van der Waals surface area contributed by atoms with Crippen molar-refractivity contribution in [2.24, 2.45) is 5.73 Å². The van der Waals surface area contributed by atoms with E-state index < -0.39 is 12.0 Å². The van der Waals surface area contributed by atoms with E-state index in [9.17, 15) is 4.79 Å². The average molecular weight is 270 g/mol. The third kappa shape index (κ3) is 2.97. The number of para-hydroxylation sites is 2. The maximum Gasteiger partial charge on any atom is 0.322 e. The zero-order chi connectivity index (χ0) is 14.5. The molecule has 2 aromatic carbocycles. The molecule has 3 N–H and O–H groups in total. The molecule has 0 aromatic heterocycles. The number of benzene rings is 2. The number of carboxylic acids is 1. The first-order valence-electron chi connectivity index (χ1n) is 6.49. The lowest BCUT2D eigenvalue weighted by atomic mass is 10.1. The Kier molecular flexibility index (Phi) is 4.38. The fraction of sp³-hybridized carbons (Fsp3) is 0.188. The van der Waals surface area contributed by atoms with Gasteiger partial charge in [-0.15, -0.1) is 0 Å². The minimum atomic E-state index is -1.01. The highest BCUT2D eigenvalue weighted by atomic mass is 16.4. The fourth-order valence-electron chi connectivity index (χ4n) is 2.16. The van der Waals surface area contributed by atoms with Crippen molar-refractivity contribution in [2.45, 2.75) is 19.0 Å². The van der Waals surface area contributed by atoms with Crippen molar-refractivity contribution in [2.75, 3.05) is 4.90 Å². The Morgan fingerprint density at radius 3 is 1.75 bits per heavy atom. The molecule has 0 aliphatic heterocycles. The van der Waals surface area contributed by atoms with E-state index in [1.807, 2.05) is 72.5 Å². The maximum absolute atomic E-state index is 11.2. The van der Waals surface area contributed by atoms with Gasteiger partial charge >= 0.3 is 5.97 Å². The molecule has 2 aromatic rings. The van der Waals surface area contributed by atoms with Crippen LogP contribution in [0, 0.1) is 0 Å². The van der Waals surface area contributed by atoms with E-state index in [1.54, 1.807) is 0 Å². The third-order valence-corrected chi connectivity index (χ3v) is 3.28. The quantitative estimate of drug-likeness (QED) is 0.876. The van der Waals surface area contributed by atoms with Crippen LogP contribution in [0.15, 0.2) is 60.7 Å². The fourth-order valence-corrected chi connectivity index (χ4v) is 2.16. The second-order valence-corrected chi connectivity index (χ2v) is 4.65. The van der Waals surface area contributed by atoms with Gasteiger partial charge in [-0.2, -0.15) is 0 Å². The molecule has 0 saturated carbocycles. The Morgan fingerprint density at radius 1 is 1.00 bits per heavy atom. The molecule has 20 heavy (non-hydrogen) atoms. The minimum Gasteiger partial charge on any atom is -0.480 e. The van der Waals surface area contributed by atoms with Crippen molar-refractivity contribution in [3.63, 3.8) is 0 Å². The molecule has 0 fully saturated rings. The Hall–Kier alpha value is -2.33. The summed E-state index contributed by atoms with van der Waals surface area (Å²) < 4.78 is 0. The summed E-state index contributed by atoms with van der Waals surface area (Å²) in [5, 5.41) is 9.14. The maximum atomic E-state index is 11.2. The summed E-state index contributed by atoms with van der Waals surface area (Å²) >= 11 is 0. The van der Waals surface area contributed by atoms with E-state index in [0.717, 1.165) is 11.4 Å². The molecular weight excluding hydrogens is 252 g/mol. The van der Waals surface area contributed by atoms with Crippen LogP contribution >= 0.6 is 0 Å². The molecule has 0 radical (unpaired) electrons. The Morgan fingerprint density at radius 2 is 1.40 bits per heavy atom. The van der Waals surface area contributed by atoms with Gasteiger partial charge in [0.2, 0.25) is 0 Å². The van der Waals surface area contributed by atoms with E-state index in [1.165, 1.54) is 0 Å². The molecule has 2 unspecified atom stereocenters. The van der Waals surface area contributed by atoms with Crippen LogP contribution in [0.25, 0.3) is 0 Å². The lowest BCUT2D eigenvalue weighted by Gasteiger charge is -2.33. The van der Waals surface area contributed by atoms with Gasteiger partial charge < -0.3 is 15.7 Å². The first-order chi connectivity index (χ1) is 9.61. The van der Waals surface area contributed by atoms with Crippen molar-refractivity contribution in [1.29, 1.82) is 0 Å². The summed E-state index contributed by atoms with van der Waals surface area (Å²) in [6.45, 7) is 1.82. The summed E-state index contributed by atoms with van der Waals surface area (Å²) in [4.78, 5) is 13.1. The van der Waals surface area contributed by atoms with Gasteiger partial charge in [0.25, 0.3) is 0 Å². The van der Waals surface area contributed by atoms with Crippen LogP contribution in [-0.4, -0.2) is 23.2 Å². The summed E-state index contributed by atoms with van der Waals surface area (Å²) in [7, 11) is 0. The topological polar surface area (TPSA) is 66.6 Å². The monoisotopic (exact) mass is 270 g/mol. The van der Waals surface area contributed by atoms with Crippen LogP contribution in [0.2, 0.25) is 0 Å². The SMILES string of the molecule is CC(C(N)C(=O)O)N(c1ccccc1)c1ccccc1. The van der Waals surface area contributed by atoms with Gasteiger partial charge in [-0.05, 0) is 31.2 Å². The second kappa shape index (κ2) is 6.21. The molecule has 0 aliphatic rings. The number of hydrogen-bond acceptors (Lipinski definition) is 3. The number of aliphatic carboxylic acids is 1. The molecule has 4 nitrogen and oxygen atoms in total. The van der Waals surface area contributed by atoms with Crippen LogP contribution in [0.5, 0.6) is 0 Å². The first kappa shape index (κ1) is 14.1. The van der Waals surface area contributed by atoms with E-state index >= 15 is 0 Å². The van der Waals surface area contributed by atoms with Gasteiger partial charge in [0.15, 0.2) is 0 Å². The molecule has 2 rings (SSSR count). The van der Waals surface area contributed by atoms with E-state index in [-0.39, 0.29) is 6.04 Å². The van der Waals surface area contributed by atoms with Gasteiger partial charge in [-0.25, -0.2) is 0 Å². The van der Waals surface area contributed by atoms with E-state index in [0.29, 0.717) is 0 Å². The number of anilines is 2. The highest BCUT2D eigenvalue weighted by molar-refractivity contribution is 5.76. The predicted octanol–water partition coefficient (Wildman–Crippen LogP) is 2.63. The molecule has 104 valence electrons. The molecule has 0 saturated heterocycles. The summed E-state index contributed by atoms with van der Waals surface area (Å²) in [6, 6.07) is 18.0.